The molecular formula is C13H21NO2. The van der Waals surface area contributed by atoms with Gasteiger partial charge in [0.1, 0.15) is 5.60 Å². The number of alkyl carbamates (subject to hydrolysis) is 1. The number of carbonyl (C=O) groups excluding carboxylic acids is 1. The molecule has 0 heterocycles. The van der Waals surface area contributed by atoms with Crippen LogP contribution in [0, 0.1) is 18.3 Å². The summed E-state index contributed by atoms with van der Waals surface area (Å²) >= 11 is 0. The Balaban J connectivity index is 2.37. The van der Waals surface area contributed by atoms with E-state index in [0.29, 0.717) is 5.92 Å². The molecule has 1 saturated carbocycles. The van der Waals surface area contributed by atoms with Crippen LogP contribution in [0.15, 0.2) is 0 Å². The van der Waals surface area contributed by atoms with Crippen LogP contribution in [0.1, 0.15) is 46.5 Å². The number of terminal acetylenes is 1. The zero-order valence-corrected chi connectivity index (χ0v) is 10.4. The highest BCUT2D eigenvalue weighted by Crippen LogP contribution is 2.23. The minimum Gasteiger partial charge on any atom is -0.444 e. The fourth-order valence-electron chi connectivity index (χ4n) is 1.95. The van der Waals surface area contributed by atoms with E-state index in [1.807, 2.05) is 20.8 Å². The van der Waals surface area contributed by atoms with Crippen molar-refractivity contribution in [1.82, 2.24) is 5.32 Å². The standard InChI is InChI=1S/C13H21NO2/c1-5-10-7-6-8-11(9-10)14-12(15)16-13(2,3)4/h1,10-11H,6-9H2,2-4H3,(H,14,15)/t10?,11-/m0/s1. The summed E-state index contributed by atoms with van der Waals surface area (Å²) in [6, 6.07) is 0.171. The fraction of sp³-hybridized carbons (Fsp3) is 0.769. The smallest absolute Gasteiger partial charge is 0.407 e. The molecule has 1 N–H and O–H groups in total. The second-order valence-corrected chi connectivity index (χ2v) is 5.37. The highest BCUT2D eigenvalue weighted by atomic mass is 16.6. The van der Waals surface area contributed by atoms with Crippen molar-refractivity contribution < 1.29 is 9.53 Å². The van der Waals surface area contributed by atoms with E-state index in [2.05, 4.69) is 11.2 Å². The van der Waals surface area contributed by atoms with Crippen molar-refractivity contribution in [2.75, 3.05) is 0 Å². The van der Waals surface area contributed by atoms with Crippen molar-refractivity contribution in [3.8, 4) is 12.3 Å². The number of amides is 1. The quantitative estimate of drug-likeness (QED) is 0.694. The summed E-state index contributed by atoms with van der Waals surface area (Å²) in [5.41, 5.74) is -0.440. The van der Waals surface area contributed by atoms with Crippen molar-refractivity contribution in [2.24, 2.45) is 5.92 Å². The normalized spacial score (nSPS) is 25.6. The van der Waals surface area contributed by atoms with Gasteiger partial charge in [0.25, 0.3) is 0 Å². The predicted molar refractivity (Wildman–Crippen MR) is 63.9 cm³/mol. The molecule has 1 aliphatic rings. The Morgan fingerprint density at radius 2 is 2.12 bits per heavy atom. The van der Waals surface area contributed by atoms with Crippen molar-refractivity contribution >= 4 is 6.09 Å². The van der Waals surface area contributed by atoms with Gasteiger partial charge in [-0.2, -0.15) is 0 Å². The first-order valence-electron chi connectivity index (χ1n) is 5.86. The van der Waals surface area contributed by atoms with Gasteiger partial charge in [-0.05, 0) is 40.0 Å². The summed E-state index contributed by atoms with van der Waals surface area (Å²) in [4.78, 5) is 11.5. The Kier molecular flexibility index (Phi) is 4.23. The molecule has 0 aliphatic heterocycles. The zero-order valence-electron chi connectivity index (χ0n) is 10.4. The Hall–Kier alpha value is -1.17. The summed E-state index contributed by atoms with van der Waals surface area (Å²) in [6.07, 6.45) is 9.09. The molecule has 0 aromatic carbocycles. The Morgan fingerprint density at radius 3 is 2.69 bits per heavy atom. The monoisotopic (exact) mass is 223 g/mol. The molecule has 0 aromatic rings. The van der Waals surface area contributed by atoms with Gasteiger partial charge in [0, 0.05) is 12.0 Å². The molecule has 0 radical (unpaired) electrons. The maximum atomic E-state index is 11.5. The molecule has 2 atom stereocenters. The highest BCUT2D eigenvalue weighted by Gasteiger charge is 2.24. The first-order valence-corrected chi connectivity index (χ1v) is 5.86. The first-order chi connectivity index (χ1) is 7.40. The average molecular weight is 223 g/mol. The van der Waals surface area contributed by atoms with Crippen LogP contribution in [0.25, 0.3) is 0 Å². The second-order valence-electron chi connectivity index (χ2n) is 5.37. The van der Waals surface area contributed by atoms with Gasteiger partial charge in [-0.3, -0.25) is 0 Å². The molecular weight excluding hydrogens is 202 g/mol. The van der Waals surface area contributed by atoms with E-state index < -0.39 is 5.60 Å². The van der Waals surface area contributed by atoms with Crippen LogP contribution in [0.3, 0.4) is 0 Å². The van der Waals surface area contributed by atoms with Gasteiger partial charge in [-0.25, -0.2) is 4.79 Å². The van der Waals surface area contributed by atoms with E-state index >= 15 is 0 Å². The van der Waals surface area contributed by atoms with Crippen LogP contribution < -0.4 is 5.32 Å². The van der Waals surface area contributed by atoms with E-state index in [0.717, 1.165) is 25.7 Å². The summed E-state index contributed by atoms with van der Waals surface area (Å²) in [5, 5.41) is 2.88. The van der Waals surface area contributed by atoms with E-state index in [4.69, 9.17) is 11.2 Å². The number of hydrogen-bond acceptors (Lipinski definition) is 2. The summed E-state index contributed by atoms with van der Waals surface area (Å²) in [7, 11) is 0. The third-order valence-electron chi connectivity index (χ3n) is 2.63. The van der Waals surface area contributed by atoms with Crippen LogP contribution >= 0.6 is 0 Å². The number of carbonyl (C=O) groups is 1. The van der Waals surface area contributed by atoms with Gasteiger partial charge in [-0.15, -0.1) is 12.3 Å². The number of hydrogen-bond donors (Lipinski definition) is 1. The van der Waals surface area contributed by atoms with Crippen LogP contribution in [0.4, 0.5) is 4.79 Å². The topological polar surface area (TPSA) is 38.3 Å². The number of nitrogens with one attached hydrogen (secondary N) is 1. The van der Waals surface area contributed by atoms with Crippen LogP contribution in [0.2, 0.25) is 0 Å². The molecule has 3 heteroatoms. The molecule has 0 aromatic heterocycles. The lowest BCUT2D eigenvalue weighted by atomic mass is 9.86. The lowest BCUT2D eigenvalue weighted by Crippen LogP contribution is -2.41. The molecule has 1 fully saturated rings. The van der Waals surface area contributed by atoms with Gasteiger partial charge in [0.15, 0.2) is 0 Å². The Labute approximate surface area is 97.9 Å². The van der Waals surface area contributed by atoms with Crippen molar-refractivity contribution in [1.29, 1.82) is 0 Å². The Bertz CT molecular complexity index is 285. The molecule has 0 spiro atoms. The third kappa shape index (κ3) is 4.57. The summed E-state index contributed by atoms with van der Waals surface area (Å²) in [6.45, 7) is 5.58. The van der Waals surface area contributed by atoms with E-state index in [1.54, 1.807) is 0 Å². The fourth-order valence-corrected chi connectivity index (χ4v) is 1.95. The minimum absolute atomic E-state index is 0.171. The largest absolute Gasteiger partial charge is 0.444 e. The van der Waals surface area contributed by atoms with Crippen molar-refractivity contribution in [3.63, 3.8) is 0 Å². The highest BCUT2D eigenvalue weighted by molar-refractivity contribution is 5.68. The lowest BCUT2D eigenvalue weighted by Gasteiger charge is -2.28. The van der Waals surface area contributed by atoms with Gasteiger partial charge >= 0.3 is 6.09 Å². The maximum absolute atomic E-state index is 11.5. The van der Waals surface area contributed by atoms with Gasteiger partial charge in [0.2, 0.25) is 0 Å². The number of ether oxygens (including phenoxy) is 1. The minimum atomic E-state index is -0.440. The molecule has 1 unspecified atom stereocenters. The van der Waals surface area contributed by atoms with Crippen LogP contribution in [0.5, 0.6) is 0 Å². The third-order valence-corrected chi connectivity index (χ3v) is 2.63. The lowest BCUT2D eigenvalue weighted by molar-refractivity contribution is 0.0489. The predicted octanol–water partition coefficient (Wildman–Crippen LogP) is 2.70. The average Bonchev–Trinajstić information content (AvgIpc) is 2.15. The molecule has 1 rings (SSSR count). The van der Waals surface area contributed by atoms with Crippen LogP contribution in [-0.2, 0) is 4.74 Å². The second kappa shape index (κ2) is 5.25. The van der Waals surface area contributed by atoms with Gasteiger partial charge in [0.05, 0.1) is 0 Å². The Morgan fingerprint density at radius 1 is 1.44 bits per heavy atom. The number of rotatable bonds is 1. The molecule has 0 bridgehead atoms. The molecule has 1 amide bonds. The van der Waals surface area contributed by atoms with Gasteiger partial charge in [-0.1, -0.05) is 6.42 Å². The molecule has 3 nitrogen and oxygen atoms in total. The SMILES string of the molecule is C#CC1CCC[C@H](NC(=O)OC(C)(C)C)C1. The van der Waals surface area contributed by atoms with Crippen molar-refractivity contribution in [3.05, 3.63) is 0 Å². The maximum Gasteiger partial charge on any atom is 0.407 e. The summed E-state index contributed by atoms with van der Waals surface area (Å²) in [5.74, 6) is 3.06. The molecule has 16 heavy (non-hydrogen) atoms. The van der Waals surface area contributed by atoms with Crippen molar-refractivity contribution in [2.45, 2.75) is 58.1 Å². The molecule has 1 aliphatic carbocycles. The summed E-state index contributed by atoms with van der Waals surface area (Å²) < 4.78 is 5.21. The van der Waals surface area contributed by atoms with Gasteiger partial charge < -0.3 is 10.1 Å². The molecule has 90 valence electrons. The van der Waals surface area contributed by atoms with E-state index in [-0.39, 0.29) is 12.1 Å². The van der Waals surface area contributed by atoms with E-state index in [9.17, 15) is 4.79 Å². The molecule has 0 saturated heterocycles. The first kappa shape index (κ1) is 12.9. The van der Waals surface area contributed by atoms with E-state index in [1.165, 1.54) is 0 Å². The zero-order chi connectivity index (χ0) is 12.2. The van der Waals surface area contributed by atoms with Crippen LogP contribution in [-0.4, -0.2) is 17.7 Å².